The molecular weight excluding hydrogens is 252 g/mol. The second kappa shape index (κ2) is 5.34. The predicted molar refractivity (Wildman–Crippen MR) is 57.5 cm³/mol. The summed E-state index contributed by atoms with van der Waals surface area (Å²) in [7, 11) is 1.80. The molecule has 0 N–H and O–H groups in total. The van der Waals surface area contributed by atoms with Crippen LogP contribution in [0.1, 0.15) is 16.9 Å². The first-order valence-corrected chi connectivity index (χ1v) is 6.01. The molecule has 0 saturated heterocycles. The number of nitrogens with zero attached hydrogens (tertiary/aromatic N) is 2. The van der Waals surface area contributed by atoms with E-state index in [1.165, 1.54) is 11.3 Å². The van der Waals surface area contributed by atoms with E-state index in [0.717, 1.165) is 18.3 Å². The number of hydrogen-bond acceptors (Lipinski definition) is 3. The van der Waals surface area contributed by atoms with Gasteiger partial charge in [-0.15, -0.1) is 11.3 Å². The number of halogens is 1. The van der Waals surface area contributed by atoms with Crippen LogP contribution in [-0.2, 0) is 0 Å². The summed E-state index contributed by atoms with van der Waals surface area (Å²) >= 11 is 4.77. The molecule has 1 rings (SSSR count). The van der Waals surface area contributed by atoms with Gasteiger partial charge in [0.15, 0.2) is 0 Å². The van der Waals surface area contributed by atoms with Crippen molar-refractivity contribution in [2.45, 2.75) is 6.42 Å². The monoisotopic (exact) mass is 262 g/mol. The summed E-state index contributed by atoms with van der Waals surface area (Å²) in [5.74, 6) is 0.00204. The van der Waals surface area contributed by atoms with Crippen LogP contribution in [0.2, 0.25) is 0 Å². The summed E-state index contributed by atoms with van der Waals surface area (Å²) in [5.41, 5.74) is 2.22. The maximum absolute atomic E-state index is 11.6. The smallest absolute Gasteiger partial charge is 0.273 e. The van der Waals surface area contributed by atoms with Crippen molar-refractivity contribution in [2.24, 2.45) is 0 Å². The quantitative estimate of drug-likeness (QED) is 0.778. The van der Waals surface area contributed by atoms with Gasteiger partial charge in [-0.05, 0) is 6.42 Å². The third-order valence-electron chi connectivity index (χ3n) is 1.63. The number of aromatic nitrogens is 1. The first-order valence-electron chi connectivity index (χ1n) is 3.95. The molecule has 0 aliphatic carbocycles. The Hall–Kier alpha value is -0.420. The molecule has 1 amide bonds. The Labute approximate surface area is 89.9 Å². The highest BCUT2D eigenvalue weighted by molar-refractivity contribution is 9.09. The van der Waals surface area contributed by atoms with Gasteiger partial charge in [0, 0.05) is 24.3 Å². The lowest BCUT2D eigenvalue weighted by Gasteiger charge is -2.14. The largest absolute Gasteiger partial charge is 0.340 e. The van der Waals surface area contributed by atoms with E-state index in [1.807, 2.05) is 0 Å². The zero-order valence-electron chi connectivity index (χ0n) is 7.36. The summed E-state index contributed by atoms with van der Waals surface area (Å²) in [6.45, 7) is 0.765. The Morgan fingerprint density at radius 2 is 2.54 bits per heavy atom. The van der Waals surface area contributed by atoms with Gasteiger partial charge in [-0.3, -0.25) is 4.79 Å². The standard InChI is InChI=1S/C8H11BrN2OS/c1-11(4-2-3-9)8(12)7-5-13-6-10-7/h5-6H,2-4H2,1H3. The lowest BCUT2D eigenvalue weighted by Crippen LogP contribution is -2.28. The van der Waals surface area contributed by atoms with Crippen molar-refractivity contribution >= 4 is 33.2 Å². The Morgan fingerprint density at radius 1 is 1.77 bits per heavy atom. The molecule has 0 aliphatic heterocycles. The van der Waals surface area contributed by atoms with E-state index in [4.69, 9.17) is 0 Å². The first-order chi connectivity index (χ1) is 6.25. The third-order valence-corrected chi connectivity index (χ3v) is 2.77. The van der Waals surface area contributed by atoms with Crippen LogP contribution in [0.15, 0.2) is 10.9 Å². The van der Waals surface area contributed by atoms with E-state index in [0.29, 0.717) is 5.69 Å². The molecular formula is C8H11BrN2OS. The van der Waals surface area contributed by atoms with Crippen LogP contribution in [0.3, 0.4) is 0 Å². The fourth-order valence-electron chi connectivity index (χ4n) is 0.912. The van der Waals surface area contributed by atoms with Crippen LogP contribution in [0.5, 0.6) is 0 Å². The first kappa shape index (κ1) is 10.7. The zero-order valence-corrected chi connectivity index (χ0v) is 9.77. The van der Waals surface area contributed by atoms with E-state index in [2.05, 4.69) is 20.9 Å². The average molecular weight is 263 g/mol. The highest BCUT2D eigenvalue weighted by Crippen LogP contribution is 2.04. The number of rotatable bonds is 4. The van der Waals surface area contributed by atoms with Crippen molar-refractivity contribution in [2.75, 3.05) is 18.9 Å². The lowest BCUT2D eigenvalue weighted by molar-refractivity contribution is 0.0790. The number of carbonyl (C=O) groups excluding carboxylic acids is 1. The molecule has 13 heavy (non-hydrogen) atoms. The normalized spacial score (nSPS) is 10.0. The number of hydrogen-bond donors (Lipinski definition) is 0. The maximum Gasteiger partial charge on any atom is 0.273 e. The fraction of sp³-hybridized carbons (Fsp3) is 0.500. The van der Waals surface area contributed by atoms with Crippen molar-refractivity contribution in [3.05, 3.63) is 16.6 Å². The van der Waals surface area contributed by atoms with E-state index in [9.17, 15) is 4.79 Å². The van der Waals surface area contributed by atoms with Gasteiger partial charge in [-0.25, -0.2) is 4.98 Å². The van der Waals surface area contributed by atoms with Crippen LogP contribution < -0.4 is 0 Å². The maximum atomic E-state index is 11.6. The lowest BCUT2D eigenvalue weighted by atomic mass is 10.4. The van der Waals surface area contributed by atoms with E-state index in [1.54, 1.807) is 22.8 Å². The molecule has 3 nitrogen and oxygen atoms in total. The summed E-state index contributed by atoms with van der Waals surface area (Å²) in [4.78, 5) is 17.2. The minimum Gasteiger partial charge on any atom is -0.340 e. The molecule has 0 bridgehead atoms. The van der Waals surface area contributed by atoms with Gasteiger partial charge >= 0.3 is 0 Å². The van der Waals surface area contributed by atoms with Crippen LogP contribution >= 0.6 is 27.3 Å². The molecule has 0 fully saturated rings. The summed E-state index contributed by atoms with van der Waals surface area (Å²) < 4.78 is 0. The van der Waals surface area contributed by atoms with Crippen molar-refractivity contribution in [3.8, 4) is 0 Å². The van der Waals surface area contributed by atoms with Gasteiger partial charge in [0.05, 0.1) is 5.51 Å². The van der Waals surface area contributed by atoms with Gasteiger partial charge in [0.1, 0.15) is 5.69 Å². The van der Waals surface area contributed by atoms with Crippen LogP contribution in [0.4, 0.5) is 0 Å². The third kappa shape index (κ3) is 3.08. The fourth-order valence-corrected chi connectivity index (χ4v) is 1.69. The average Bonchev–Trinajstić information content (AvgIpc) is 2.65. The molecule has 72 valence electrons. The minimum absolute atomic E-state index is 0.00204. The van der Waals surface area contributed by atoms with E-state index >= 15 is 0 Å². The minimum atomic E-state index is 0.00204. The van der Waals surface area contributed by atoms with Crippen molar-refractivity contribution in [3.63, 3.8) is 0 Å². The molecule has 0 saturated carbocycles. The zero-order chi connectivity index (χ0) is 9.68. The summed E-state index contributed by atoms with van der Waals surface area (Å²) in [6, 6.07) is 0. The van der Waals surface area contributed by atoms with Crippen LogP contribution in [0.25, 0.3) is 0 Å². The van der Waals surface area contributed by atoms with Crippen molar-refractivity contribution < 1.29 is 4.79 Å². The van der Waals surface area contributed by atoms with Gasteiger partial charge in [-0.1, -0.05) is 15.9 Å². The highest BCUT2D eigenvalue weighted by atomic mass is 79.9. The van der Waals surface area contributed by atoms with Crippen LogP contribution in [-0.4, -0.2) is 34.7 Å². The molecule has 1 aromatic heterocycles. The SMILES string of the molecule is CN(CCCBr)C(=O)c1cscn1. The van der Waals surface area contributed by atoms with Gasteiger partial charge in [0.2, 0.25) is 0 Å². The Balaban J connectivity index is 2.48. The molecule has 0 aliphatic rings. The van der Waals surface area contributed by atoms with Crippen LogP contribution in [0, 0.1) is 0 Å². The number of alkyl halides is 1. The summed E-state index contributed by atoms with van der Waals surface area (Å²) in [6.07, 6.45) is 0.965. The molecule has 5 heteroatoms. The van der Waals surface area contributed by atoms with Crippen molar-refractivity contribution in [1.29, 1.82) is 0 Å². The second-order valence-electron chi connectivity index (χ2n) is 2.64. The number of thiazole rings is 1. The second-order valence-corrected chi connectivity index (χ2v) is 4.15. The number of carbonyl (C=O) groups is 1. The molecule has 0 radical (unpaired) electrons. The molecule has 0 unspecified atom stereocenters. The van der Waals surface area contributed by atoms with Gasteiger partial charge in [0.25, 0.3) is 5.91 Å². The van der Waals surface area contributed by atoms with E-state index < -0.39 is 0 Å². The number of amides is 1. The highest BCUT2D eigenvalue weighted by Gasteiger charge is 2.12. The molecule has 0 aromatic carbocycles. The Morgan fingerprint density at radius 3 is 3.08 bits per heavy atom. The van der Waals surface area contributed by atoms with Gasteiger partial charge in [-0.2, -0.15) is 0 Å². The summed E-state index contributed by atoms with van der Waals surface area (Å²) in [5, 5.41) is 2.69. The molecule has 1 aromatic rings. The molecule has 1 heterocycles. The van der Waals surface area contributed by atoms with E-state index in [-0.39, 0.29) is 5.91 Å². The van der Waals surface area contributed by atoms with Gasteiger partial charge < -0.3 is 4.90 Å². The topological polar surface area (TPSA) is 33.2 Å². The Kier molecular flexibility index (Phi) is 4.38. The molecule has 0 spiro atoms. The van der Waals surface area contributed by atoms with Crippen molar-refractivity contribution in [1.82, 2.24) is 9.88 Å². The predicted octanol–water partition coefficient (Wildman–Crippen LogP) is 2.00. The molecule has 0 atom stereocenters. The Bertz CT molecular complexity index is 263.